The van der Waals surface area contributed by atoms with Crippen molar-refractivity contribution in [3.05, 3.63) is 29.8 Å². The van der Waals surface area contributed by atoms with Crippen LogP contribution >= 0.6 is 0 Å². The Kier molecular flexibility index (Phi) is 3.61. The summed E-state index contributed by atoms with van der Waals surface area (Å²) in [5, 5.41) is 0. The zero-order valence-corrected chi connectivity index (χ0v) is 11.8. The van der Waals surface area contributed by atoms with Crippen LogP contribution in [-0.4, -0.2) is 29.8 Å². The number of anilines is 1. The molecule has 0 saturated carbocycles. The molecule has 1 aromatic rings. The summed E-state index contributed by atoms with van der Waals surface area (Å²) in [6.07, 6.45) is -0.154. The molecule has 5 nitrogen and oxygen atoms in total. The molecule has 0 bridgehead atoms. The quantitative estimate of drug-likeness (QED) is 0.621. The number of rotatable bonds is 3. The van der Waals surface area contributed by atoms with E-state index >= 15 is 0 Å². The number of aryl methyl sites for hydroxylation is 1. The van der Waals surface area contributed by atoms with E-state index in [2.05, 4.69) is 0 Å². The van der Waals surface area contributed by atoms with Crippen LogP contribution in [0.1, 0.15) is 25.8 Å². The number of ketones is 1. The van der Waals surface area contributed by atoms with Crippen molar-refractivity contribution in [3.63, 3.8) is 0 Å². The second-order valence-corrected chi connectivity index (χ2v) is 5.07. The Morgan fingerprint density at radius 1 is 1.30 bits per heavy atom. The van der Waals surface area contributed by atoms with Crippen molar-refractivity contribution in [3.8, 4) is 0 Å². The third-order valence-corrected chi connectivity index (χ3v) is 3.45. The maximum absolute atomic E-state index is 12.1. The van der Waals surface area contributed by atoms with Crippen LogP contribution in [0.15, 0.2) is 24.3 Å². The van der Waals surface area contributed by atoms with Gasteiger partial charge in [-0.15, -0.1) is 0 Å². The highest BCUT2D eigenvalue weighted by atomic mass is 16.5. The minimum absolute atomic E-state index is 0.154. The van der Waals surface area contributed by atoms with Crippen LogP contribution in [0.2, 0.25) is 0 Å². The number of benzene rings is 1. The van der Waals surface area contributed by atoms with E-state index in [1.54, 1.807) is 26.0 Å². The fraction of sp³-hybridized carbons (Fsp3) is 0.400. The summed E-state index contributed by atoms with van der Waals surface area (Å²) in [7, 11) is 0. The third-order valence-electron chi connectivity index (χ3n) is 3.45. The first kappa shape index (κ1) is 14.2. The Morgan fingerprint density at radius 3 is 2.45 bits per heavy atom. The van der Waals surface area contributed by atoms with Gasteiger partial charge in [-0.2, -0.15) is 0 Å². The molecule has 1 fully saturated rings. The normalized spacial score (nSPS) is 22.2. The molecule has 0 aliphatic carbocycles. The molecular formula is C15H17NO4. The smallest absolute Gasteiger partial charge is 0.332 e. The lowest BCUT2D eigenvalue weighted by Gasteiger charge is -2.32. The van der Waals surface area contributed by atoms with E-state index in [1.807, 2.05) is 19.1 Å². The van der Waals surface area contributed by atoms with Gasteiger partial charge in [0.2, 0.25) is 5.78 Å². The molecule has 0 N–H and O–H groups in total. The molecule has 20 heavy (non-hydrogen) atoms. The number of esters is 1. The Hall–Kier alpha value is -2.17. The first-order valence-electron chi connectivity index (χ1n) is 6.51. The minimum atomic E-state index is -1.26. The highest BCUT2D eigenvalue weighted by Gasteiger charge is 2.54. The Balaban J connectivity index is 2.45. The van der Waals surface area contributed by atoms with Gasteiger partial charge in [0.25, 0.3) is 5.91 Å². The standard InChI is InChI=1S/C15H17NO4/c1-4-20-14(19)15(3)9-12(17)13(18)16(15)11-7-5-10(2)6-8-11/h5-8H,4,9H2,1-3H3/t15-/m0/s1. The number of carbonyl (C=O) groups is 3. The van der Waals surface area contributed by atoms with Gasteiger partial charge in [0.05, 0.1) is 13.0 Å². The van der Waals surface area contributed by atoms with Crippen molar-refractivity contribution in [2.45, 2.75) is 32.7 Å². The van der Waals surface area contributed by atoms with Gasteiger partial charge in [0.15, 0.2) is 0 Å². The lowest BCUT2D eigenvalue weighted by molar-refractivity contribution is -0.149. The maximum atomic E-state index is 12.1. The second-order valence-electron chi connectivity index (χ2n) is 5.07. The zero-order valence-electron chi connectivity index (χ0n) is 11.8. The molecule has 1 aromatic carbocycles. The molecule has 0 radical (unpaired) electrons. The van der Waals surface area contributed by atoms with Crippen molar-refractivity contribution >= 4 is 23.3 Å². The summed E-state index contributed by atoms with van der Waals surface area (Å²) < 4.78 is 5.02. The molecule has 1 heterocycles. The van der Waals surface area contributed by atoms with Crippen LogP contribution in [0.4, 0.5) is 5.69 Å². The molecule has 1 atom stereocenters. The lowest BCUT2D eigenvalue weighted by atomic mass is 9.98. The molecule has 0 aromatic heterocycles. The Bertz CT molecular complexity index is 564. The summed E-state index contributed by atoms with van der Waals surface area (Å²) >= 11 is 0. The SMILES string of the molecule is CCOC(=O)[C@]1(C)CC(=O)C(=O)N1c1ccc(C)cc1. The topological polar surface area (TPSA) is 63.7 Å². The number of nitrogens with zero attached hydrogens (tertiary/aromatic N) is 1. The molecule has 0 unspecified atom stereocenters. The summed E-state index contributed by atoms with van der Waals surface area (Å²) in [5.74, 6) is -1.79. The monoisotopic (exact) mass is 275 g/mol. The fourth-order valence-electron chi connectivity index (χ4n) is 2.36. The molecule has 1 aliphatic rings. The number of hydrogen-bond acceptors (Lipinski definition) is 4. The highest BCUT2D eigenvalue weighted by molar-refractivity contribution is 6.46. The van der Waals surface area contributed by atoms with Crippen molar-refractivity contribution in [1.29, 1.82) is 0 Å². The van der Waals surface area contributed by atoms with Crippen LogP contribution in [0, 0.1) is 6.92 Å². The van der Waals surface area contributed by atoms with Gasteiger partial charge in [-0.25, -0.2) is 4.79 Å². The van der Waals surface area contributed by atoms with Crippen molar-refractivity contribution in [1.82, 2.24) is 0 Å². The molecule has 1 aliphatic heterocycles. The van der Waals surface area contributed by atoms with E-state index in [0.29, 0.717) is 5.69 Å². The summed E-state index contributed by atoms with van der Waals surface area (Å²) in [5.41, 5.74) is 0.297. The lowest BCUT2D eigenvalue weighted by Crippen LogP contribution is -2.50. The van der Waals surface area contributed by atoms with E-state index in [-0.39, 0.29) is 13.0 Å². The van der Waals surface area contributed by atoms with Crippen molar-refractivity contribution < 1.29 is 19.1 Å². The zero-order chi connectivity index (χ0) is 14.9. The predicted octanol–water partition coefficient (Wildman–Crippen LogP) is 1.62. The van der Waals surface area contributed by atoms with E-state index in [9.17, 15) is 14.4 Å². The van der Waals surface area contributed by atoms with Crippen LogP contribution in [0.3, 0.4) is 0 Å². The fourth-order valence-corrected chi connectivity index (χ4v) is 2.36. The van der Waals surface area contributed by atoms with E-state index in [1.165, 1.54) is 4.90 Å². The van der Waals surface area contributed by atoms with Gasteiger partial charge < -0.3 is 4.74 Å². The summed E-state index contributed by atoms with van der Waals surface area (Å²) in [6, 6.07) is 7.11. The summed E-state index contributed by atoms with van der Waals surface area (Å²) in [6.45, 7) is 5.38. The maximum Gasteiger partial charge on any atom is 0.332 e. The molecule has 0 spiro atoms. The van der Waals surface area contributed by atoms with E-state index in [4.69, 9.17) is 4.74 Å². The van der Waals surface area contributed by atoms with Gasteiger partial charge in [-0.05, 0) is 32.9 Å². The Morgan fingerprint density at radius 2 is 1.90 bits per heavy atom. The molecule has 2 rings (SSSR count). The van der Waals surface area contributed by atoms with Crippen LogP contribution < -0.4 is 4.90 Å². The average Bonchev–Trinajstić information content (AvgIpc) is 2.63. The molecule has 106 valence electrons. The van der Waals surface area contributed by atoms with Crippen molar-refractivity contribution in [2.75, 3.05) is 11.5 Å². The largest absolute Gasteiger partial charge is 0.464 e. The average molecular weight is 275 g/mol. The van der Waals surface area contributed by atoms with Crippen molar-refractivity contribution in [2.24, 2.45) is 0 Å². The van der Waals surface area contributed by atoms with Gasteiger partial charge in [-0.1, -0.05) is 17.7 Å². The molecule has 1 saturated heterocycles. The first-order chi connectivity index (χ1) is 9.40. The van der Waals surface area contributed by atoms with E-state index < -0.39 is 23.2 Å². The summed E-state index contributed by atoms with van der Waals surface area (Å²) in [4.78, 5) is 37.2. The molecular weight excluding hydrogens is 258 g/mol. The second kappa shape index (κ2) is 5.07. The number of ether oxygens (including phenoxy) is 1. The van der Waals surface area contributed by atoms with Gasteiger partial charge in [0.1, 0.15) is 5.54 Å². The highest BCUT2D eigenvalue weighted by Crippen LogP contribution is 2.34. The van der Waals surface area contributed by atoms with Gasteiger partial charge in [-0.3, -0.25) is 14.5 Å². The van der Waals surface area contributed by atoms with Crippen LogP contribution in [0.5, 0.6) is 0 Å². The van der Waals surface area contributed by atoms with Crippen LogP contribution in [-0.2, 0) is 19.1 Å². The van der Waals surface area contributed by atoms with Gasteiger partial charge in [0, 0.05) is 5.69 Å². The van der Waals surface area contributed by atoms with E-state index in [0.717, 1.165) is 5.56 Å². The minimum Gasteiger partial charge on any atom is -0.464 e. The van der Waals surface area contributed by atoms with Gasteiger partial charge >= 0.3 is 5.97 Å². The van der Waals surface area contributed by atoms with Crippen LogP contribution in [0.25, 0.3) is 0 Å². The number of Topliss-reactive ketones (excluding diaryl/α,β-unsaturated/α-hetero) is 1. The number of hydrogen-bond donors (Lipinski definition) is 0. The molecule has 1 amide bonds. The third kappa shape index (κ3) is 2.19. The molecule has 5 heteroatoms. The number of amides is 1. The predicted molar refractivity (Wildman–Crippen MR) is 73.3 cm³/mol. The first-order valence-corrected chi connectivity index (χ1v) is 6.51. The Labute approximate surface area is 117 Å². The number of carbonyl (C=O) groups excluding carboxylic acids is 3.